The number of methoxy groups -OCH3 is 1. The lowest BCUT2D eigenvalue weighted by Crippen LogP contribution is -2.40. The van der Waals surface area contributed by atoms with E-state index in [4.69, 9.17) is 0 Å². The number of rotatable bonds is 6. The first-order valence-electron chi connectivity index (χ1n) is 8.49. The van der Waals surface area contributed by atoms with Gasteiger partial charge in [-0.2, -0.15) is 0 Å². The minimum Gasteiger partial charge on any atom is -0.469 e. The van der Waals surface area contributed by atoms with E-state index in [1.807, 2.05) is 0 Å². The zero-order valence-corrected chi connectivity index (χ0v) is 14.6. The third kappa shape index (κ3) is 5.86. The van der Waals surface area contributed by atoms with Crippen LogP contribution in [0.4, 0.5) is 5.69 Å². The lowest BCUT2D eigenvalue weighted by molar-refractivity contribution is -0.140. The smallest absolute Gasteiger partial charge is 0.307 e. The van der Waals surface area contributed by atoms with Crippen molar-refractivity contribution in [3.05, 3.63) is 29.8 Å². The van der Waals surface area contributed by atoms with Gasteiger partial charge in [0, 0.05) is 29.8 Å². The summed E-state index contributed by atoms with van der Waals surface area (Å²) in [4.78, 5) is 35.3. The normalized spacial score (nSPS) is 19.8. The summed E-state index contributed by atoms with van der Waals surface area (Å²) in [5.74, 6) is -0.610. The molecule has 136 valence electrons. The molecular weight excluding hydrogens is 322 g/mol. The monoisotopic (exact) mass is 347 g/mol. The molecule has 2 rings (SSSR count). The summed E-state index contributed by atoms with van der Waals surface area (Å²) in [5, 5.41) is 8.88. The SMILES string of the molecule is COC(=O)CCNC(=O)c1ccc(NC(=O)[C@H]2CCN[C@@H](C)C2)cc1. The molecule has 25 heavy (non-hydrogen) atoms. The van der Waals surface area contributed by atoms with E-state index >= 15 is 0 Å². The van der Waals surface area contributed by atoms with Crippen molar-refractivity contribution in [3.8, 4) is 0 Å². The van der Waals surface area contributed by atoms with Crippen LogP contribution in [0.3, 0.4) is 0 Å². The molecule has 0 spiro atoms. The van der Waals surface area contributed by atoms with Gasteiger partial charge in [-0.15, -0.1) is 0 Å². The lowest BCUT2D eigenvalue weighted by Gasteiger charge is -2.27. The molecule has 1 aliphatic rings. The van der Waals surface area contributed by atoms with Gasteiger partial charge in [-0.1, -0.05) is 0 Å². The average molecular weight is 347 g/mol. The molecule has 2 atom stereocenters. The second kappa shape index (κ2) is 9.17. The second-order valence-electron chi connectivity index (χ2n) is 6.23. The summed E-state index contributed by atoms with van der Waals surface area (Å²) in [5.41, 5.74) is 1.14. The molecule has 0 aromatic heterocycles. The lowest BCUT2D eigenvalue weighted by atomic mass is 9.92. The van der Waals surface area contributed by atoms with Crippen molar-refractivity contribution < 1.29 is 19.1 Å². The highest BCUT2D eigenvalue weighted by molar-refractivity contribution is 5.96. The zero-order valence-electron chi connectivity index (χ0n) is 14.6. The fraction of sp³-hybridized carbons (Fsp3) is 0.500. The molecule has 7 heteroatoms. The van der Waals surface area contributed by atoms with Gasteiger partial charge in [0.15, 0.2) is 0 Å². The Bertz CT molecular complexity index is 615. The molecule has 3 N–H and O–H groups in total. The van der Waals surface area contributed by atoms with E-state index in [9.17, 15) is 14.4 Å². The first-order valence-corrected chi connectivity index (χ1v) is 8.49. The highest BCUT2D eigenvalue weighted by Gasteiger charge is 2.24. The Labute approximate surface area is 147 Å². The summed E-state index contributed by atoms with van der Waals surface area (Å²) in [6.07, 6.45) is 1.79. The number of amides is 2. The van der Waals surface area contributed by atoms with Crippen LogP contribution in [0.1, 0.15) is 36.5 Å². The maximum Gasteiger partial charge on any atom is 0.307 e. The number of nitrogens with one attached hydrogen (secondary N) is 3. The molecule has 0 bridgehead atoms. The molecule has 1 heterocycles. The molecule has 1 aromatic carbocycles. The van der Waals surface area contributed by atoms with E-state index in [-0.39, 0.29) is 36.7 Å². The van der Waals surface area contributed by atoms with Crippen LogP contribution in [0.25, 0.3) is 0 Å². The number of carbonyl (C=O) groups excluding carboxylic acids is 3. The third-order valence-electron chi connectivity index (χ3n) is 4.25. The van der Waals surface area contributed by atoms with Crippen molar-refractivity contribution in [1.82, 2.24) is 10.6 Å². The van der Waals surface area contributed by atoms with Crippen molar-refractivity contribution in [1.29, 1.82) is 0 Å². The molecular formula is C18H25N3O4. The number of esters is 1. The Morgan fingerprint density at radius 3 is 2.60 bits per heavy atom. The first-order chi connectivity index (χ1) is 12.0. The number of piperidine rings is 1. The van der Waals surface area contributed by atoms with Gasteiger partial charge in [-0.05, 0) is 50.6 Å². The number of hydrogen-bond acceptors (Lipinski definition) is 5. The highest BCUT2D eigenvalue weighted by atomic mass is 16.5. The first kappa shape index (κ1) is 18.9. The summed E-state index contributed by atoms with van der Waals surface area (Å²) in [6.45, 7) is 3.15. The molecule has 1 aromatic rings. The maximum absolute atomic E-state index is 12.3. The van der Waals surface area contributed by atoms with E-state index < -0.39 is 0 Å². The Hall–Kier alpha value is -2.41. The molecule has 0 radical (unpaired) electrons. The predicted octanol–water partition coefficient (Wildman–Crippen LogP) is 1.31. The van der Waals surface area contributed by atoms with Crippen molar-refractivity contribution in [3.63, 3.8) is 0 Å². The maximum atomic E-state index is 12.3. The second-order valence-corrected chi connectivity index (χ2v) is 6.23. The van der Waals surface area contributed by atoms with Crippen LogP contribution in [0.2, 0.25) is 0 Å². The molecule has 7 nitrogen and oxygen atoms in total. The van der Waals surface area contributed by atoms with Crippen LogP contribution < -0.4 is 16.0 Å². The minimum atomic E-state index is -0.370. The Kier molecular flexibility index (Phi) is 6.94. The van der Waals surface area contributed by atoms with E-state index in [1.54, 1.807) is 24.3 Å². The van der Waals surface area contributed by atoms with Gasteiger partial charge in [0.2, 0.25) is 5.91 Å². The number of hydrogen-bond donors (Lipinski definition) is 3. The molecule has 0 aliphatic carbocycles. The number of ether oxygens (including phenoxy) is 1. The van der Waals surface area contributed by atoms with E-state index in [0.717, 1.165) is 19.4 Å². The minimum absolute atomic E-state index is 0.0116. The van der Waals surface area contributed by atoms with Crippen LogP contribution in [0.5, 0.6) is 0 Å². The van der Waals surface area contributed by atoms with Gasteiger partial charge in [0.05, 0.1) is 13.5 Å². The Balaban J connectivity index is 1.83. The predicted molar refractivity (Wildman–Crippen MR) is 94.2 cm³/mol. The van der Waals surface area contributed by atoms with E-state index in [0.29, 0.717) is 17.3 Å². The van der Waals surface area contributed by atoms with Crippen LogP contribution in [-0.2, 0) is 14.3 Å². The number of anilines is 1. The van der Waals surface area contributed by atoms with Gasteiger partial charge in [-0.25, -0.2) is 0 Å². The van der Waals surface area contributed by atoms with Crippen molar-refractivity contribution >= 4 is 23.5 Å². The van der Waals surface area contributed by atoms with Crippen LogP contribution in [-0.4, -0.2) is 44.0 Å². The molecule has 0 saturated carbocycles. The van der Waals surface area contributed by atoms with Gasteiger partial charge in [0.25, 0.3) is 5.91 Å². The van der Waals surface area contributed by atoms with Crippen LogP contribution in [0, 0.1) is 5.92 Å². The average Bonchev–Trinajstić information content (AvgIpc) is 2.62. The fourth-order valence-electron chi connectivity index (χ4n) is 2.80. The van der Waals surface area contributed by atoms with Gasteiger partial charge >= 0.3 is 5.97 Å². The quantitative estimate of drug-likeness (QED) is 0.674. The molecule has 0 unspecified atom stereocenters. The summed E-state index contributed by atoms with van der Waals surface area (Å²) in [6, 6.07) is 7.05. The zero-order chi connectivity index (χ0) is 18.2. The largest absolute Gasteiger partial charge is 0.469 e. The van der Waals surface area contributed by atoms with Crippen molar-refractivity contribution in [2.45, 2.75) is 32.2 Å². The summed E-state index contributed by atoms with van der Waals surface area (Å²) >= 11 is 0. The summed E-state index contributed by atoms with van der Waals surface area (Å²) < 4.78 is 4.51. The van der Waals surface area contributed by atoms with E-state index in [2.05, 4.69) is 27.6 Å². The van der Waals surface area contributed by atoms with Gasteiger partial charge in [-0.3, -0.25) is 14.4 Å². The summed E-state index contributed by atoms with van der Waals surface area (Å²) in [7, 11) is 1.31. The standard InChI is InChI=1S/C18H25N3O4/c1-12-11-14(7-9-19-12)18(24)21-15-5-3-13(4-6-15)17(23)20-10-8-16(22)25-2/h3-6,12,14,19H,7-11H2,1-2H3,(H,20,23)(H,21,24)/t12-,14-/m0/s1. The number of benzene rings is 1. The third-order valence-corrected chi connectivity index (χ3v) is 4.25. The van der Waals surface area contributed by atoms with E-state index in [1.165, 1.54) is 7.11 Å². The Morgan fingerprint density at radius 1 is 1.24 bits per heavy atom. The van der Waals surface area contributed by atoms with Gasteiger partial charge in [0.1, 0.15) is 0 Å². The van der Waals surface area contributed by atoms with Crippen molar-refractivity contribution in [2.75, 3.05) is 25.5 Å². The number of carbonyl (C=O) groups is 3. The Morgan fingerprint density at radius 2 is 1.96 bits per heavy atom. The molecule has 1 aliphatic heterocycles. The van der Waals surface area contributed by atoms with Crippen LogP contribution in [0.15, 0.2) is 24.3 Å². The molecule has 1 saturated heterocycles. The topological polar surface area (TPSA) is 96.5 Å². The molecule has 2 amide bonds. The van der Waals surface area contributed by atoms with Crippen molar-refractivity contribution in [2.24, 2.45) is 5.92 Å². The van der Waals surface area contributed by atoms with Crippen LogP contribution >= 0.6 is 0 Å². The fourth-order valence-corrected chi connectivity index (χ4v) is 2.80. The molecule has 1 fully saturated rings. The van der Waals surface area contributed by atoms with Gasteiger partial charge < -0.3 is 20.7 Å². The highest BCUT2D eigenvalue weighted by Crippen LogP contribution is 2.19.